The van der Waals surface area contributed by atoms with Crippen LogP contribution in [0.2, 0.25) is 0 Å². The van der Waals surface area contributed by atoms with Gasteiger partial charge in [-0.2, -0.15) is 0 Å². The minimum atomic E-state index is -0.514. The maximum atomic E-state index is 11.9. The van der Waals surface area contributed by atoms with E-state index in [-0.39, 0.29) is 23.9 Å². The van der Waals surface area contributed by atoms with Crippen LogP contribution in [0.4, 0.5) is 0 Å². The minimum absolute atomic E-state index is 0.00288. The van der Waals surface area contributed by atoms with Crippen LogP contribution in [-0.4, -0.2) is 36.4 Å². The van der Waals surface area contributed by atoms with Crippen LogP contribution in [0.1, 0.15) is 59.8 Å². The highest BCUT2D eigenvalue weighted by Crippen LogP contribution is 2.71. The van der Waals surface area contributed by atoms with Gasteiger partial charge in [-0.05, 0) is 103 Å². The SMILES string of the molecule is CC1C(C)C2CC1C1C3CC(C(=O)O)C(C3)C21.CC1C2CC(C(=O)OCC3CO3)C(C2)C1C. The lowest BCUT2D eigenvalue weighted by Gasteiger charge is -2.42. The Labute approximate surface area is 198 Å². The highest BCUT2D eigenvalue weighted by Gasteiger charge is 2.66. The second-order valence-electron chi connectivity index (χ2n) is 13.1. The van der Waals surface area contributed by atoms with Crippen LogP contribution in [0.25, 0.3) is 0 Å². The number of carbonyl (C=O) groups is 2. The molecular formula is C28H42O5. The number of carboxylic acids is 1. The number of fused-ring (bicyclic) bond motifs is 11. The Hall–Kier alpha value is -1.10. The van der Waals surface area contributed by atoms with Crippen molar-refractivity contribution in [1.82, 2.24) is 0 Å². The molecule has 0 amide bonds. The smallest absolute Gasteiger partial charge is 0.309 e. The molecule has 0 aromatic rings. The van der Waals surface area contributed by atoms with E-state index in [0.717, 1.165) is 72.7 Å². The van der Waals surface area contributed by atoms with Crippen molar-refractivity contribution in [2.75, 3.05) is 13.2 Å². The second-order valence-corrected chi connectivity index (χ2v) is 13.1. The van der Waals surface area contributed by atoms with Crippen molar-refractivity contribution < 1.29 is 24.2 Å². The molecule has 1 aliphatic heterocycles. The first-order chi connectivity index (χ1) is 15.8. The zero-order valence-corrected chi connectivity index (χ0v) is 20.7. The third kappa shape index (κ3) is 3.42. The lowest BCUT2D eigenvalue weighted by molar-refractivity contribution is -0.152. The van der Waals surface area contributed by atoms with Crippen LogP contribution in [0.3, 0.4) is 0 Å². The molecule has 15 unspecified atom stereocenters. The molecule has 6 saturated carbocycles. The Morgan fingerprint density at radius 2 is 1.36 bits per heavy atom. The third-order valence-corrected chi connectivity index (χ3v) is 12.2. The highest BCUT2D eigenvalue weighted by molar-refractivity contribution is 5.73. The number of ether oxygens (including phenoxy) is 2. The Bertz CT molecular complexity index is 804. The largest absolute Gasteiger partial charge is 0.481 e. The van der Waals surface area contributed by atoms with Gasteiger partial charge in [-0.25, -0.2) is 0 Å². The van der Waals surface area contributed by atoms with E-state index in [0.29, 0.717) is 24.4 Å². The minimum Gasteiger partial charge on any atom is -0.481 e. The number of carboxylic acid groups (broad SMARTS) is 1. The predicted molar refractivity (Wildman–Crippen MR) is 123 cm³/mol. The molecule has 0 radical (unpaired) electrons. The van der Waals surface area contributed by atoms with Crippen molar-refractivity contribution in [1.29, 1.82) is 0 Å². The topological polar surface area (TPSA) is 76.1 Å². The van der Waals surface area contributed by atoms with Gasteiger partial charge in [0.1, 0.15) is 12.7 Å². The number of hydrogen-bond donors (Lipinski definition) is 1. The third-order valence-electron chi connectivity index (χ3n) is 12.2. The summed E-state index contributed by atoms with van der Waals surface area (Å²) in [4.78, 5) is 23.3. The first kappa shape index (κ1) is 22.4. The van der Waals surface area contributed by atoms with E-state index >= 15 is 0 Å². The van der Waals surface area contributed by atoms with Crippen molar-refractivity contribution >= 4 is 11.9 Å². The molecule has 7 rings (SSSR count). The van der Waals surface area contributed by atoms with E-state index < -0.39 is 5.97 Å². The molecule has 184 valence electrons. The summed E-state index contributed by atoms with van der Waals surface area (Å²) in [5.41, 5.74) is 0. The summed E-state index contributed by atoms with van der Waals surface area (Å²) in [5, 5.41) is 9.34. The van der Waals surface area contributed by atoms with Crippen molar-refractivity contribution in [2.45, 2.75) is 65.9 Å². The van der Waals surface area contributed by atoms with Gasteiger partial charge < -0.3 is 14.6 Å². The first-order valence-electron chi connectivity index (χ1n) is 13.8. The molecule has 0 aromatic heterocycles. The Kier molecular flexibility index (Phi) is 5.40. The van der Waals surface area contributed by atoms with Gasteiger partial charge in [0, 0.05) is 0 Å². The predicted octanol–water partition coefficient (Wildman–Crippen LogP) is 4.74. The average molecular weight is 459 g/mol. The molecule has 0 aromatic carbocycles. The molecule has 6 bridgehead atoms. The number of hydrogen-bond acceptors (Lipinski definition) is 4. The molecule has 5 heteroatoms. The quantitative estimate of drug-likeness (QED) is 0.374. The fraction of sp³-hybridized carbons (Fsp3) is 0.929. The first-order valence-corrected chi connectivity index (χ1v) is 13.8. The van der Waals surface area contributed by atoms with E-state index in [1.165, 1.54) is 19.3 Å². The van der Waals surface area contributed by atoms with Crippen LogP contribution in [0.5, 0.6) is 0 Å². The Morgan fingerprint density at radius 3 is 1.97 bits per heavy atom. The van der Waals surface area contributed by atoms with Gasteiger partial charge in [0.15, 0.2) is 0 Å². The fourth-order valence-corrected chi connectivity index (χ4v) is 10.2. The van der Waals surface area contributed by atoms with Gasteiger partial charge >= 0.3 is 11.9 Å². The molecule has 6 aliphatic carbocycles. The van der Waals surface area contributed by atoms with Crippen molar-refractivity contribution in [3.05, 3.63) is 0 Å². The molecule has 1 saturated heterocycles. The molecule has 1 N–H and O–H groups in total. The maximum absolute atomic E-state index is 11.9. The van der Waals surface area contributed by atoms with Crippen molar-refractivity contribution in [2.24, 2.45) is 82.9 Å². The molecule has 7 aliphatic rings. The summed E-state index contributed by atoms with van der Waals surface area (Å²) in [5.74, 6) is 9.03. The standard InChI is InChI=1S/C15H22O2.C13H20O3/c1-6-7(2)10-5-9(6)13-8-3-11(14(10)13)12(4-8)15(16)17;1-7-8(2)11-3-9(7)4-12(11)13(14)16-6-10-5-15-10/h6-14H,3-5H2,1-2H3,(H,16,17);7-12H,3-6H2,1-2H3. The number of aliphatic carboxylic acids is 1. The summed E-state index contributed by atoms with van der Waals surface area (Å²) < 4.78 is 10.4. The van der Waals surface area contributed by atoms with Crippen LogP contribution in [-0.2, 0) is 19.1 Å². The van der Waals surface area contributed by atoms with Crippen molar-refractivity contribution in [3.8, 4) is 0 Å². The molecule has 0 spiro atoms. The monoisotopic (exact) mass is 458 g/mol. The maximum Gasteiger partial charge on any atom is 0.309 e. The number of esters is 1. The highest BCUT2D eigenvalue weighted by atomic mass is 16.6. The van der Waals surface area contributed by atoms with Crippen molar-refractivity contribution in [3.63, 3.8) is 0 Å². The van der Waals surface area contributed by atoms with Crippen LogP contribution >= 0.6 is 0 Å². The molecule has 15 atom stereocenters. The van der Waals surface area contributed by atoms with Gasteiger partial charge in [-0.3, -0.25) is 9.59 Å². The lowest BCUT2D eigenvalue weighted by Crippen LogP contribution is -2.40. The van der Waals surface area contributed by atoms with E-state index in [1.54, 1.807) is 0 Å². The van der Waals surface area contributed by atoms with Gasteiger partial charge in [0.25, 0.3) is 0 Å². The normalized spacial score (nSPS) is 56.4. The molecule has 7 fully saturated rings. The average Bonchev–Trinajstić information content (AvgIpc) is 3.25. The number of rotatable bonds is 4. The van der Waals surface area contributed by atoms with Crippen LogP contribution < -0.4 is 0 Å². The fourth-order valence-electron chi connectivity index (χ4n) is 10.2. The molecular weight excluding hydrogens is 416 g/mol. The van der Waals surface area contributed by atoms with E-state index in [9.17, 15) is 14.7 Å². The summed E-state index contributed by atoms with van der Waals surface area (Å²) in [7, 11) is 0. The summed E-state index contributed by atoms with van der Waals surface area (Å²) in [6, 6.07) is 0. The molecule has 33 heavy (non-hydrogen) atoms. The zero-order chi connectivity index (χ0) is 23.2. The summed E-state index contributed by atoms with van der Waals surface area (Å²) in [6.07, 6.45) is 6.13. The zero-order valence-electron chi connectivity index (χ0n) is 20.7. The van der Waals surface area contributed by atoms with Gasteiger partial charge in [-0.15, -0.1) is 0 Å². The number of epoxide rings is 1. The van der Waals surface area contributed by atoms with E-state index in [2.05, 4.69) is 27.7 Å². The van der Waals surface area contributed by atoms with Gasteiger partial charge in [0.2, 0.25) is 0 Å². The lowest BCUT2D eigenvalue weighted by atomic mass is 9.62. The second kappa shape index (κ2) is 7.96. The number of carbonyl (C=O) groups excluding carboxylic acids is 1. The van der Waals surface area contributed by atoms with E-state index in [1.807, 2.05) is 0 Å². The summed E-state index contributed by atoms with van der Waals surface area (Å²) >= 11 is 0. The Balaban J connectivity index is 0.000000125. The van der Waals surface area contributed by atoms with E-state index in [4.69, 9.17) is 9.47 Å². The Morgan fingerprint density at radius 1 is 0.758 bits per heavy atom. The summed E-state index contributed by atoms with van der Waals surface area (Å²) in [6.45, 7) is 10.7. The van der Waals surface area contributed by atoms with Gasteiger partial charge in [0.05, 0.1) is 18.4 Å². The van der Waals surface area contributed by atoms with Gasteiger partial charge in [-0.1, -0.05) is 27.7 Å². The molecule has 5 nitrogen and oxygen atoms in total. The molecule has 1 heterocycles. The van der Waals surface area contributed by atoms with Crippen LogP contribution in [0, 0.1) is 82.9 Å². The van der Waals surface area contributed by atoms with Crippen LogP contribution in [0.15, 0.2) is 0 Å².